The van der Waals surface area contributed by atoms with Crippen molar-refractivity contribution in [3.05, 3.63) is 16.1 Å². The molecule has 0 amide bonds. The van der Waals surface area contributed by atoms with E-state index in [9.17, 15) is 4.21 Å². The summed E-state index contributed by atoms with van der Waals surface area (Å²) >= 11 is 1.74. The Hall–Kier alpha value is -0.550. The van der Waals surface area contributed by atoms with Crippen molar-refractivity contribution >= 4 is 28.5 Å². The Morgan fingerprint density at radius 2 is 2.35 bits per heavy atom. The van der Waals surface area contributed by atoms with Gasteiger partial charge in [0.15, 0.2) is 0 Å². The van der Waals surface area contributed by atoms with Gasteiger partial charge in [0.05, 0.1) is 16.0 Å². The molecule has 0 fully saturated rings. The van der Waals surface area contributed by atoms with E-state index in [1.807, 2.05) is 32.5 Å². The Balaban J connectivity index is 1.99. The second-order valence-corrected chi connectivity index (χ2v) is 8.21. The Bertz CT molecular complexity index is 446. The first-order valence-electron chi connectivity index (χ1n) is 5.84. The van der Waals surface area contributed by atoms with Gasteiger partial charge in [0.2, 0.25) is 0 Å². The van der Waals surface area contributed by atoms with Gasteiger partial charge in [-0.25, -0.2) is 9.19 Å². The van der Waals surface area contributed by atoms with Crippen molar-refractivity contribution in [2.45, 2.75) is 44.8 Å². The zero-order chi connectivity index (χ0) is 12.5. The van der Waals surface area contributed by atoms with E-state index in [4.69, 9.17) is 0 Å². The molecule has 2 rings (SSSR count). The van der Waals surface area contributed by atoms with Gasteiger partial charge in [-0.3, -0.25) is 0 Å². The molecule has 2 atom stereocenters. The molecular formula is C12H18N2OS2. The van der Waals surface area contributed by atoms with Crippen molar-refractivity contribution in [1.82, 2.24) is 4.98 Å². The van der Waals surface area contributed by atoms with Gasteiger partial charge in [0.25, 0.3) is 0 Å². The lowest BCUT2D eigenvalue weighted by molar-refractivity contribution is 0.590. The van der Waals surface area contributed by atoms with Crippen LogP contribution in [0.5, 0.6) is 0 Å². The maximum Gasteiger partial charge on any atom is 0.144 e. The second kappa shape index (κ2) is 4.98. The summed E-state index contributed by atoms with van der Waals surface area (Å²) in [6.07, 6.45) is 5.01. The average Bonchev–Trinajstić information content (AvgIpc) is 2.71. The van der Waals surface area contributed by atoms with Crippen LogP contribution in [0.25, 0.3) is 0 Å². The van der Waals surface area contributed by atoms with Crippen LogP contribution in [0.2, 0.25) is 0 Å². The number of rotatable bonds is 2. The minimum absolute atomic E-state index is 0.267. The van der Waals surface area contributed by atoms with Crippen LogP contribution in [0.15, 0.2) is 9.91 Å². The van der Waals surface area contributed by atoms with Crippen molar-refractivity contribution < 1.29 is 4.21 Å². The van der Waals surface area contributed by atoms with Crippen molar-refractivity contribution in [1.29, 1.82) is 0 Å². The third-order valence-corrected chi connectivity index (χ3v) is 5.11. The summed E-state index contributed by atoms with van der Waals surface area (Å²) in [5.41, 5.74) is 3.12. The molecule has 1 aliphatic rings. The molecule has 0 spiro atoms. The lowest BCUT2D eigenvalue weighted by Gasteiger charge is -2.18. The standard InChI is InChI=1S/C12H18N2OS2/c1-12(2,3)17(15)14-7-9-4-5-11-10(6-9)13-8-16-11/h7-9H,4-6H2,1-3H3. The smallest absolute Gasteiger partial charge is 0.144 e. The van der Waals surface area contributed by atoms with Crippen LogP contribution in [-0.2, 0) is 23.8 Å². The summed E-state index contributed by atoms with van der Waals surface area (Å²) in [6, 6.07) is 0. The van der Waals surface area contributed by atoms with E-state index in [0.29, 0.717) is 5.92 Å². The summed E-state index contributed by atoms with van der Waals surface area (Å²) in [5, 5.41) is 0. The zero-order valence-corrected chi connectivity index (χ0v) is 12.1. The van der Waals surface area contributed by atoms with Crippen LogP contribution >= 0.6 is 11.3 Å². The molecule has 0 radical (unpaired) electrons. The van der Waals surface area contributed by atoms with Crippen LogP contribution in [0.3, 0.4) is 0 Å². The van der Waals surface area contributed by atoms with Crippen molar-refractivity contribution in [2.75, 3.05) is 0 Å². The monoisotopic (exact) mass is 270 g/mol. The molecule has 1 aliphatic carbocycles. The quantitative estimate of drug-likeness (QED) is 0.776. The van der Waals surface area contributed by atoms with Gasteiger partial charge in [0, 0.05) is 17.0 Å². The highest BCUT2D eigenvalue weighted by molar-refractivity contribution is 7.85. The van der Waals surface area contributed by atoms with E-state index in [2.05, 4.69) is 9.38 Å². The minimum Gasteiger partial charge on any atom is -0.249 e. The van der Waals surface area contributed by atoms with E-state index in [-0.39, 0.29) is 4.75 Å². The molecule has 1 aromatic heterocycles. The number of fused-ring (bicyclic) bond motifs is 1. The molecule has 1 heterocycles. The molecule has 0 saturated carbocycles. The number of thiazole rings is 1. The molecule has 0 N–H and O–H groups in total. The van der Waals surface area contributed by atoms with Crippen LogP contribution in [0, 0.1) is 5.92 Å². The molecule has 0 aliphatic heterocycles. The normalized spacial score (nSPS) is 22.6. The van der Waals surface area contributed by atoms with Gasteiger partial charge >= 0.3 is 0 Å². The predicted molar refractivity (Wildman–Crippen MR) is 74.0 cm³/mol. The maximum atomic E-state index is 11.8. The van der Waals surface area contributed by atoms with Gasteiger partial charge in [-0.2, -0.15) is 4.40 Å². The molecule has 2 unspecified atom stereocenters. The van der Waals surface area contributed by atoms with Crippen molar-refractivity contribution in [2.24, 2.45) is 10.3 Å². The van der Waals surface area contributed by atoms with E-state index < -0.39 is 11.0 Å². The van der Waals surface area contributed by atoms with E-state index >= 15 is 0 Å². The fraction of sp³-hybridized carbons (Fsp3) is 0.667. The van der Waals surface area contributed by atoms with Crippen LogP contribution in [-0.4, -0.2) is 20.2 Å². The van der Waals surface area contributed by atoms with Crippen LogP contribution < -0.4 is 0 Å². The van der Waals surface area contributed by atoms with Gasteiger partial charge < -0.3 is 0 Å². The van der Waals surface area contributed by atoms with E-state index in [0.717, 1.165) is 19.3 Å². The number of hydrogen-bond donors (Lipinski definition) is 0. The van der Waals surface area contributed by atoms with Gasteiger partial charge in [-0.05, 0) is 40.0 Å². The minimum atomic E-state index is -1.14. The Morgan fingerprint density at radius 3 is 3.06 bits per heavy atom. The van der Waals surface area contributed by atoms with Gasteiger partial charge in [0.1, 0.15) is 11.0 Å². The molecule has 94 valence electrons. The highest BCUT2D eigenvalue weighted by Gasteiger charge is 2.21. The average molecular weight is 270 g/mol. The summed E-state index contributed by atoms with van der Waals surface area (Å²) < 4.78 is 15.7. The first-order chi connectivity index (χ1) is 7.97. The van der Waals surface area contributed by atoms with Crippen LogP contribution in [0.1, 0.15) is 37.8 Å². The van der Waals surface area contributed by atoms with Gasteiger partial charge in [-0.15, -0.1) is 11.3 Å². The van der Waals surface area contributed by atoms with Gasteiger partial charge in [-0.1, -0.05) is 0 Å². The molecule has 0 bridgehead atoms. The Morgan fingerprint density at radius 1 is 1.59 bits per heavy atom. The zero-order valence-electron chi connectivity index (χ0n) is 10.5. The SMILES string of the molecule is CC(C)(C)S(=O)N=CC1CCc2scnc2C1. The maximum absolute atomic E-state index is 11.8. The Labute approximate surface area is 109 Å². The first-order valence-corrected chi connectivity index (χ1v) is 7.83. The van der Waals surface area contributed by atoms with Crippen molar-refractivity contribution in [3.63, 3.8) is 0 Å². The largest absolute Gasteiger partial charge is 0.249 e. The lowest BCUT2D eigenvalue weighted by Crippen LogP contribution is -2.21. The highest BCUT2D eigenvalue weighted by Crippen LogP contribution is 2.26. The summed E-state index contributed by atoms with van der Waals surface area (Å²) in [7, 11) is -1.14. The first kappa shape index (κ1) is 12.9. The third kappa shape index (κ3) is 3.22. The summed E-state index contributed by atoms with van der Waals surface area (Å²) in [5.74, 6) is 0.399. The fourth-order valence-corrected chi connectivity index (χ4v) is 3.17. The predicted octanol–water partition coefficient (Wildman–Crippen LogP) is 2.78. The number of nitrogens with zero attached hydrogens (tertiary/aromatic N) is 2. The van der Waals surface area contributed by atoms with Crippen molar-refractivity contribution in [3.8, 4) is 0 Å². The number of hydrogen-bond acceptors (Lipinski definition) is 3. The Kier molecular flexibility index (Phi) is 3.78. The molecule has 0 aromatic carbocycles. The fourth-order valence-electron chi connectivity index (χ4n) is 1.76. The third-order valence-electron chi connectivity index (χ3n) is 2.81. The molecule has 0 saturated heterocycles. The highest BCUT2D eigenvalue weighted by atomic mass is 32.2. The number of aryl methyl sites for hydroxylation is 1. The molecule has 5 heteroatoms. The van der Waals surface area contributed by atoms with E-state index in [1.165, 1.54) is 10.6 Å². The molecule has 3 nitrogen and oxygen atoms in total. The molecule has 1 aromatic rings. The van der Waals surface area contributed by atoms with Crippen LogP contribution in [0.4, 0.5) is 0 Å². The molecule has 17 heavy (non-hydrogen) atoms. The topological polar surface area (TPSA) is 42.3 Å². The lowest BCUT2D eigenvalue weighted by atomic mass is 9.92. The molecular weight excluding hydrogens is 252 g/mol. The summed E-state index contributed by atoms with van der Waals surface area (Å²) in [4.78, 5) is 5.77. The number of aromatic nitrogens is 1. The summed E-state index contributed by atoms with van der Waals surface area (Å²) in [6.45, 7) is 5.83. The van der Waals surface area contributed by atoms with E-state index in [1.54, 1.807) is 11.3 Å². The second-order valence-electron chi connectivity index (χ2n) is 5.34.